The molecule has 0 aliphatic rings. The highest BCUT2D eigenvalue weighted by atomic mass is 16.4. The highest BCUT2D eigenvalue weighted by molar-refractivity contribution is 6.01. The van der Waals surface area contributed by atoms with Gasteiger partial charge in [0.25, 0.3) is 5.91 Å². The molecule has 0 bridgehead atoms. The van der Waals surface area contributed by atoms with Gasteiger partial charge in [-0.25, -0.2) is 0 Å². The third kappa shape index (κ3) is 4.26. The van der Waals surface area contributed by atoms with Crippen LogP contribution in [0, 0.1) is 0 Å². The van der Waals surface area contributed by atoms with Crippen LogP contribution in [0.15, 0.2) is 100 Å². The molecule has 31 heavy (non-hydrogen) atoms. The second-order valence-electron chi connectivity index (χ2n) is 6.95. The van der Waals surface area contributed by atoms with E-state index >= 15 is 0 Å². The molecule has 0 spiro atoms. The molecule has 0 aliphatic heterocycles. The van der Waals surface area contributed by atoms with Gasteiger partial charge in [-0.1, -0.05) is 72.8 Å². The zero-order valence-corrected chi connectivity index (χ0v) is 17.1. The molecule has 1 N–H and O–H groups in total. The lowest BCUT2D eigenvalue weighted by atomic mass is 10.1. The average molecular weight is 410 g/mol. The van der Waals surface area contributed by atoms with E-state index in [9.17, 15) is 9.59 Å². The van der Waals surface area contributed by atoms with Crippen molar-refractivity contribution in [3.63, 3.8) is 0 Å². The van der Waals surface area contributed by atoms with E-state index in [0.29, 0.717) is 17.5 Å². The number of fused-ring (bicyclic) bond motifs is 1. The first-order valence-corrected chi connectivity index (χ1v) is 10.0. The number of benzene rings is 3. The largest absolute Gasteiger partial charge is 0.439 e. The van der Waals surface area contributed by atoms with Crippen molar-refractivity contribution >= 4 is 34.5 Å². The zero-order valence-electron chi connectivity index (χ0n) is 17.1. The number of nitrogens with one attached hydrogen (secondary N) is 1. The zero-order chi connectivity index (χ0) is 21.6. The van der Waals surface area contributed by atoms with Gasteiger partial charge in [-0.3, -0.25) is 9.59 Å². The highest BCUT2D eigenvalue weighted by Crippen LogP contribution is 2.30. The van der Waals surface area contributed by atoms with E-state index < -0.39 is 5.91 Å². The number of hydrogen-bond acceptors (Lipinski definition) is 4. The number of amides is 1. The summed E-state index contributed by atoms with van der Waals surface area (Å²) in [4.78, 5) is 27.8. The van der Waals surface area contributed by atoms with Crippen molar-refractivity contribution in [3.05, 3.63) is 112 Å². The van der Waals surface area contributed by atoms with E-state index in [1.54, 1.807) is 24.3 Å². The van der Waals surface area contributed by atoms with E-state index in [1.807, 2.05) is 77.7 Å². The summed E-state index contributed by atoms with van der Waals surface area (Å²) < 4.78 is 6.15. The van der Waals surface area contributed by atoms with Gasteiger partial charge in [-0.05, 0) is 29.8 Å². The fraction of sp³-hybridized carbons (Fsp3) is 0.0769. The number of rotatable bonds is 6. The Kier molecular flexibility index (Phi) is 5.94. The van der Waals surface area contributed by atoms with Crippen LogP contribution in [0.2, 0.25) is 0 Å². The molecule has 1 heterocycles. The van der Waals surface area contributed by atoms with E-state index in [-0.39, 0.29) is 16.9 Å². The fourth-order valence-corrected chi connectivity index (χ4v) is 3.42. The summed E-state index contributed by atoms with van der Waals surface area (Å²) >= 11 is 0. The molecule has 0 saturated heterocycles. The van der Waals surface area contributed by atoms with Crippen molar-refractivity contribution in [1.82, 2.24) is 5.32 Å². The summed E-state index contributed by atoms with van der Waals surface area (Å²) in [7, 11) is 1.50. The van der Waals surface area contributed by atoms with Crippen LogP contribution >= 0.6 is 0 Å². The first-order chi connectivity index (χ1) is 15.2. The first-order valence-electron chi connectivity index (χ1n) is 10.0. The third-order valence-electron chi connectivity index (χ3n) is 4.94. The molecule has 1 aromatic heterocycles. The van der Waals surface area contributed by atoms with Crippen LogP contribution in [-0.2, 0) is 0 Å². The molecule has 0 unspecified atom stereocenters. The van der Waals surface area contributed by atoms with Crippen LogP contribution in [0.4, 0.5) is 11.6 Å². The SMILES string of the molecule is CNC(=O)c1c(N(C/C=C/c2ccccc2)c2ccccc2)oc2ccccc2c1=O. The Morgan fingerprint density at radius 2 is 1.58 bits per heavy atom. The molecule has 0 saturated carbocycles. The van der Waals surface area contributed by atoms with Crippen molar-refractivity contribution in [1.29, 1.82) is 0 Å². The van der Waals surface area contributed by atoms with Gasteiger partial charge in [0, 0.05) is 19.3 Å². The van der Waals surface area contributed by atoms with Crippen LogP contribution in [0.5, 0.6) is 0 Å². The number of anilines is 2. The summed E-state index contributed by atoms with van der Waals surface area (Å²) in [6, 6.07) is 26.4. The van der Waals surface area contributed by atoms with Crippen molar-refractivity contribution in [2.45, 2.75) is 0 Å². The third-order valence-corrected chi connectivity index (χ3v) is 4.94. The average Bonchev–Trinajstić information content (AvgIpc) is 2.82. The van der Waals surface area contributed by atoms with E-state index in [4.69, 9.17) is 4.42 Å². The van der Waals surface area contributed by atoms with Crippen molar-refractivity contribution in [3.8, 4) is 0 Å². The molecule has 4 rings (SSSR count). The molecule has 4 aromatic rings. The smallest absolute Gasteiger partial charge is 0.260 e. The normalized spacial score (nSPS) is 11.0. The maximum absolute atomic E-state index is 13.2. The maximum Gasteiger partial charge on any atom is 0.260 e. The standard InChI is InChI=1S/C26H22N2O3/c1-27-25(30)23-24(29)21-16-8-9-17-22(21)31-26(23)28(20-14-6-3-7-15-20)18-10-13-19-11-4-2-5-12-19/h2-17H,18H2,1H3,(H,27,30)/b13-10+. The topological polar surface area (TPSA) is 62.6 Å². The molecule has 0 aliphatic carbocycles. The van der Waals surface area contributed by atoms with Gasteiger partial charge in [0.05, 0.1) is 5.39 Å². The Morgan fingerprint density at radius 1 is 0.935 bits per heavy atom. The number of carbonyl (C=O) groups excluding carboxylic acids is 1. The molecule has 0 atom stereocenters. The predicted molar refractivity (Wildman–Crippen MR) is 125 cm³/mol. The lowest BCUT2D eigenvalue weighted by Crippen LogP contribution is -2.30. The van der Waals surface area contributed by atoms with Crippen molar-refractivity contribution in [2.75, 3.05) is 18.5 Å². The number of para-hydroxylation sites is 2. The number of nitrogens with zero attached hydrogens (tertiary/aromatic N) is 1. The minimum absolute atomic E-state index is 0.0156. The first kappa shape index (κ1) is 20.2. The molecule has 5 nitrogen and oxygen atoms in total. The number of carbonyl (C=O) groups is 1. The lowest BCUT2D eigenvalue weighted by Gasteiger charge is -2.24. The molecule has 1 amide bonds. The van der Waals surface area contributed by atoms with Gasteiger partial charge in [0.15, 0.2) is 0 Å². The van der Waals surface area contributed by atoms with Crippen LogP contribution in [-0.4, -0.2) is 19.5 Å². The second-order valence-corrected chi connectivity index (χ2v) is 6.95. The summed E-state index contributed by atoms with van der Waals surface area (Å²) in [6.45, 7) is 0.407. The van der Waals surface area contributed by atoms with Gasteiger partial charge in [-0.2, -0.15) is 0 Å². The molecule has 3 aromatic carbocycles. The highest BCUT2D eigenvalue weighted by Gasteiger charge is 2.25. The molecule has 0 fully saturated rings. The second kappa shape index (κ2) is 9.13. The fourth-order valence-electron chi connectivity index (χ4n) is 3.42. The van der Waals surface area contributed by atoms with Gasteiger partial charge >= 0.3 is 0 Å². The molecule has 154 valence electrons. The Bertz CT molecular complexity index is 1280. The van der Waals surface area contributed by atoms with Crippen molar-refractivity contribution in [2.24, 2.45) is 0 Å². The van der Waals surface area contributed by atoms with Gasteiger partial charge in [0.1, 0.15) is 11.1 Å². The summed E-state index contributed by atoms with van der Waals surface area (Å²) in [5.41, 5.74) is 1.93. The predicted octanol–water partition coefficient (Wildman–Crippen LogP) is 5.00. The van der Waals surface area contributed by atoms with E-state index in [0.717, 1.165) is 11.3 Å². The lowest BCUT2D eigenvalue weighted by molar-refractivity contribution is 0.0961. The monoisotopic (exact) mass is 410 g/mol. The van der Waals surface area contributed by atoms with Crippen LogP contribution in [0.1, 0.15) is 15.9 Å². The van der Waals surface area contributed by atoms with Gasteiger partial charge in [0.2, 0.25) is 11.3 Å². The van der Waals surface area contributed by atoms with E-state index in [2.05, 4.69) is 5.32 Å². The van der Waals surface area contributed by atoms with Crippen LogP contribution in [0.25, 0.3) is 17.0 Å². The Labute approximate surface area is 180 Å². The molecule has 5 heteroatoms. The maximum atomic E-state index is 13.2. The summed E-state index contributed by atoms with van der Waals surface area (Å²) in [5, 5.41) is 2.94. The summed E-state index contributed by atoms with van der Waals surface area (Å²) in [5.74, 6) is -0.269. The Hall–Kier alpha value is -4.12. The van der Waals surface area contributed by atoms with Crippen molar-refractivity contribution < 1.29 is 9.21 Å². The molecule has 0 radical (unpaired) electrons. The number of hydrogen-bond donors (Lipinski definition) is 1. The van der Waals surface area contributed by atoms with Gasteiger partial charge in [-0.15, -0.1) is 0 Å². The van der Waals surface area contributed by atoms with Crippen LogP contribution in [0.3, 0.4) is 0 Å². The summed E-state index contributed by atoms with van der Waals surface area (Å²) in [6.07, 6.45) is 3.97. The molecular weight excluding hydrogens is 388 g/mol. The van der Waals surface area contributed by atoms with Crippen LogP contribution < -0.4 is 15.6 Å². The minimum Gasteiger partial charge on any atom is -0.439 e. The molecular formula is C26H22N2O3. The quantitative estimate of drug-likeness (QED) is 0.486. The van der Waals surface area contributed by atoms with E-state index in [1.165, 1.54) is 7.05 Å². The Morgan fingerprint density at radius 3 is 2.29 bits per heavy atom. The minimum atomic E-state index is -0.484. The van der Waals surface area contributed by atoms with Gasteiger partial charge < -0.3 is 14.6 Å². The Balaban J connectivity index is 1.87.